The lowest BCUT2D eigenvalue weighted by Crippen LogP contribution is -2.10. The number of nitrogens with one attached hydrogen (secondary N) is 1. The van der Waals surface area contributed by atoms with E-state index in [1.165, 1.54) is 0 Å². The lowest BCUT2D eigenvalue weighted by molar-refractivity contribution is -0.107. The van der Waals surface area contributed by atoms with E-state index < -0.39 is 0 Å². The van der Waals surface area contributed by atoms with E-state index >= 15 is 0 Å². The molecule has 0 radical (unpaired) electrons. The van der Waals surface area contributed by atoms with Crippen LogP contribution in [0.4, 0.5) is 5.69 Å². The number of anilines is 1. The van der Waals surface area contributed by atoms with Gasteiger partial charge in [0.2, 0.25) is 0 Å². The quantitative estimate of drug-likeness (QED) is 0.363. The van der Waals surface area contributed by atoms with E-state index in [9.17, 15) is 9.59 Å². The zero-order valence-electron chi connectivity index (χ0n) is 14.0. The van der Waals surface area contributed by atoms with Gasteiger partial charge in [0, 0.05) is 24.7 Å². The van der Waals surface area contributed by atoms with Crippen molar-refractivity contribution in [2.75, 3.05) is 12.8 Å². The molecule has 2 aromatic carbocycles. The van der Waals surface area contributed by atoms with Gasteiger partial charge >= 0.3 is 0 Å². The van der Waals surface area contributed by atoms with Crippen molar-refractivity contribution < 1.29 is 9.59 Å². The molecule has 0 saturated heterocycles. The molecule has 0 unspecified atom stereocenters. The highest BCUT2D eigenvalue weighted by molar-refractivity contribution is 6.37. The minimum Gasteiger partial charge on any atom is -0.398 e. The number of nitrogens with two attached hydrogens (primary N) is 1. The van der Waals surface area contributed by atoms with Crippen LogP contribution in [0.2, 0.25) is 0 Å². The van der Waals surface area contributed by atoms with E-state index in [0.717, 1.165) is 18.3 Å². The smallest absolute Gasteiger partial charge is 0.170 e. The van der Waals surface area contributed by atoms with Crippen LogP contribution in [0.3, 0.4) is 0 Å². The number of hydrazone groups is 1. The van der Waals surface area contributed by atoms with E-state index in [1.807, 2.05) is 18.2 Å². The topological polar surface area (TPSA) is 108 Å². The second kappa shape index (κ2) is 11.1. The fourth-order valence-electron chi connectivity index (χ4n) is 1.97. The Morgan fingerprint density at radius 3 is 2.40 bits per heavy atom. The molecule has 25 heavy (non-hydrogen) atoms. The predicted octanol–water partition coefficient (Wildman–Crippen LogP) is 2.08. The molecule has 0 amide bonds. The summed E-state index contributed by atoms with van der Waals surface area (Å²) in [5, 5.41) is 12.3. The molecule has 0 spiro atoms. The monoisotopic (exact) mass is 336 g/mol. The highest BCUT2D eigenvalue weighted by Gasteiger charge is 2.04. The first-order valence-corrected chi connectivity index (χ1v) is 7.63. The largest absolute Gasteiger partial charge is 0.398 e. The van der Waals surface area contributed by atoms with Crippen LogP contribution in [0.15, 0.2) is 53.6 Å². The van der Waals surface area contributed by atoms with Crippen LogP contribution < -0.4 is 11.2 Å². The van der Waals surface area contributed by atoms with Gasteiger partial charge in [-0.3, -0.25) is 4.79 Å². The molecule has 2 rings (SSSR count). The predicted molar refractivity (Wildman–Crippen MR) is 98.1 cm³/mol. The molecule has 0 saturated carbocycles. The van der Waals surface area contributed by atoms with E-state index in [4.69, 9.17) is 11.0 Å². The zero-order valence-corrected chi connectivity index (χ0v) is 14.0. The maximum Gasteiger partial charge on any atom is 0.170 e. The van der Waals surface area contributed by atoms with Crippen LogP contribution in [0.25, 0.3) is 0 Å². The Hall–Kier alpha value is -3.46. The average Bonchev–Trinajstić information content (AvgIpc) is 2.66. The van der Waals surface area contributed by atoms with Gasteiger partial charge < -0.3 is 16.0 Å². The lowest BCUT2D eigenvalue weighted by atomic mass is 10.1. The van der Waals surface area contributed by atoms with Gasteiger partial charge in [0.05, 0.1) is 11.6 Å². The summed E-state index contributed by atoms with van der Waals surface area (Å²) in [5.74, 6) is 0. The minimum absolute atomic E-state index is 0.306. The third kappa shape index (κ3) is 6.67. The summed E-state index contributed by atoms with van der Waals surface area (Å²) in [4.78, 5) is 20.7. The zero-order chi connectivity index (χ0) is 18.5. The van der Waals surface area contributed by atoms with E-state index in [-0.39, 0.29) is 0 Å². The number of hydrogen-bond acceptors (Lipinski definition) is 6. The van der Waals surface area contributed by atoms with Gasteiger partial charge in [-0.25, -0.2) is 0 Å². The van der Waals surface area contributed by atoms with E-state index in [0.29, 0.717) is 35.2 Å². The van der Waals surface area contributed by atoms with Gasteiger partial charge in [0.15, 0.2) is 6.29 Å². The molecule has 6 nitrogen and oxygen atoms in total. The van der Waals surface area contributed by atoms with Crippen LogP contribution in [-0.4, -0.2) is 25.3 Å². The van der Waals surface area contributed by atoms with Gasteiger partial charge in [-0.05, 0) is 30.2 Å². The van der Waals surface area contributed by atoms with Crippen molar-refractivity contribution in [3.8, 4) is 6.07 Å². The third-order valence-electron chi connectivity index (χ3n) is 3.21. The van der Waals surface area contributed by atoms with Gasteiger partial charge in [-0.2, -0.15) is 10.4 Å². The second-order valence-corrected chi connectivity index (χ2v) is 4.94. The standard InChI is InChI=1S/C10H9NO.C9H11N3O/c11-8-10-5-3-9(4-6-10)2-1-7-12;1-11-12-9(6-13)7-4-2-3-5-8(7)10/h3-7H,1-2H2;2-6,11H,10H2,1H3/b;12-9+. The summed E-state index contributed by atoms with van der Waals surface area (Å²) in [6, 6.07) is 16.4. The molecule has 3 N–H and O–H groups in total. The van der Waals surface area contributed by atoms with Crippen molar-refractivity contribution in [2.24, 2.45) is 5.10 Å². The van der Waals surface area contributed by atoms with Crippen molar-refractivity contribution in [1.29, 1.82) is 5.26 Å². The molecule has 6 heteroatoms. The molecule has 0 aliphatic heterocycles. The molecular formula is C19H20N4O2. The van der Waals surface area contributed by atoms with Gasteiger partial charge in [-0.1, -0.05) is 30.3 Å². The highest BCUT2D eigenvalue weighted by Crippen LogP contribution is 2.10. The number of benzene rings is 2. The second-order valence-electron chi connectivity index (χ2n) is 4.94. The number of nitrogens with zero attached hydrogens (tertiary/aromatic N) is 2. The molecule has 0 bridgehead atoms. The first-order valence-electron chi connectivity index (χ1n) is 7.63. The number of aldehydes is 2. The Kier molecular flexibility index (Phi) is 8.72. The summed E-state index contributed by atoms with van der Waals surface area (Å²) < 4.78 is 0. The molecule has 0 aliphatic rings. The highest BCUT2D eigenvalue weighted by atomic mass is 16.1. The van der Waals surface area contributed by atoms with Gasteiger partial charge in [0.25, 0.3) is 0 Å². The lowest BCUT2D eigenvalue weighted by Gasteiger charge is -2.02. The maximum atomic E-state index is 10.6. The van der Waals surface area contributed by atoms with Crippen molar-refractivity contribution in [1.82, 2.24) is 5.43 Å². The maximum absolute atomic E-state index is 10.6. The van der Waals surface area contributed by atoms with Crippen molar-refractivity contribution in [2.45, 2.75) is 12.8 Å². The molecule has 0 heterocycles. The Morgan fingerprint density at radius 2 is 1.88 bits per heavy atom. The summed E-state index contributed by atoms with van der Waals surface area (Å²) in [6.45, 7) is 0. The van der Waals surface area contributed by atoms with Crippen LogP contribution in [-0.2, 0) is 16.0 Å². The molecule has 128 valence electrons. The van der Waals surface area contributed by atoms with Crippen LogP contribution in [0, 0.1) is 11.3 Å². The summed E-state index contributed by atoms with van der Waals surface area (Å²) in [6.07, 6.45) is 2.88. The third-order valence-corrected chi connectivity index (χ3v) is 3.21. The molecule has 0 fully saturated rings. The number of nitriles is 1. The van der Waals surface area contributed by atoms with Crippen molar-refractivity contribution in [3.63, 3.8) is 0 Å². The number of hydrogen-bond donors (Lipinski definition) is 2. The number of carbonyl (C=O) groups excluding carboxylic acids is 2. The van der Waals surface area contributed by atoms with E-state index in [2.05, 4.69) is 10.5 Å². The van der Waals surface area contributed by atoms with E-state index in [1.54, 1.807) is 43.4 Å². The van der Waals surface area contributed by atoms with Crippen LogP contribution in [0.1, 0.15) is 23.1 Å². The number of rotatable bonds is 6. The Bertz CT molecular complexity index is 762. The fourth-order valence-corrected chi connectivity index (χ4v) is 1.97. The normalized spacial score (nSPS) is 10.0. The Balaban J connectivity index is 0.000000251. The molecule has 2 aromatic rings. The summed E-state index contributed by atoms with van der Waals surface area (Å²) in [7, 11) is 1.63. The molecular weight excluding hydrogens is 316 g/mol. The average molecular weight is 336 g/mol. The summed E-state index contributed by atoms with van der Waals surface area (Å²) >= 11 is 0. The van der Waals surface area contributed by atoms with Crippen molar-refractivity contribution >= 4 is 24.0 Å². The number of nitrogen functional groups attached to an aromatic ring is 1. The number of para-hydroxylation sites is 1. The summed E-state index contributed by atoms with van der Waals surface area (Å²) in [5.41, 5.74) is 11.5. The molecule has 0 aromatic heterocycles. The van der Waals surface area contributed by atoms with Gasteiger partial charge in [-0.15, -0.1) is 0 Å². The SMILES string of the molecule is CN/N=C(\C=O)c1ccccc1N.N#Cc1ccc(CCC=O)cc1. The van der Waals surface area contributed by atoms with Crippen LogP contribution in [0.5, 0.6) is 0 Å². The minimum atomic E-state index is 0.306. The molecule has 0 aliphatic carbocycles. The Labute approximate surface area is 147 Å². The van der Waals surface area contributed by atoms with Crippen molar-refractivity contribution in [3.05, 3.63) is 65.2 Å². The Morgan fingerprint density at radius 1 is 1.20 bits per heavy atom. The van der Waals surface area contributed by atoms with Crippen LogP contribution >= 0.6 is 0 Å². The van der Waals surface area contributed by atoms with Gasteiger partial charge in [0.1, 0.15) is 12.0 Å². The first kappa shape index (κ1) is 19.6. The molecule has 0 atom stereocenters. The fraction of sp³-hybridized carbons (Fsp3) is 0.158. The number of carbonyl (C=O) groups is 2. The number of aryl methyl sites for hydroxylation is 1. The first-order chi connectivity index (χ1) is 12.2.